The van der Waals surface area contributed by atoms with E-state index in [1.807, 2.05) is 18.2 Å². The van der Waals surface area contributed by atoms with Crippen molar-refractivity contribution in [1.29, 1.82) is 0 Å². The van der Waals surface area contributed by atoms with Crippen LogP contribution in [0.2, 0.25) is 4.34 Å². The van der Waals surface area contributed by atoms with Crippen molar-refractivity contribution in [3.8, 4) is 0 Å². The summed E-state index contributed by atoms with van der Waals surface area (Å²) >= 11 is 7.17. The summed E-state index contributed by atoms with van der Waals surface area (Å²) in [6.07, 6.45) is -0.174. The van der Waals surface area contributed by atoms with E-state index in [0.29, 0.717) is 15.4 Å². The number of carboxylic acids is 1. The number of amides is 1. The number of H-pyrrole nitrogens is 1. The Balaban J connectivity index is 1.83. The number of aliphatic carboxylic acids is 1. The highest BCUT2D eigenvalue weighted by molar-refractivity contribution is 7.16. The van der Waals surface area contributed by atoms with Gasteiger partial charge in [0, 0.05) is 16.0 Å². The SMILES string of the molecule is O=C(O)CN(Cc1ccc(Cl)s1)C(=O)Cc1cc2ccccc2[nH]c1=O. The van der Waals surface area contributed by atoms with E-state index in [2.05, 4.69) is 4.98 Å². The molecule has 0 atom stereocenters. The van der Waals surface area contributed by atoms with Crippen LogP contribution < -0.4 is 5.56 Å². The van der Waals surface area contributed by atoms with Crippen LogP contribution in [0.25, 0.3) is 10.9 Å². The van der Waals surface area contributed by atoms with Crippen molar-refractivity contribution in [2.24, 2.45) is 0 Å². The highest BCUT2D eigenvalue weighted by atomic mass is 35.5. The number of rotatable bonds is 6. The van der Waals surface area contributed by atoms with E-state index >= 15 is 0 Å². The summed E-state index contributed by atoms with van der Waals surface area (Å²) in [5, 5.41) is 9.90. The molecule has 3 rings (SSSR count). The van der Waals surface area contributed by atoms with E-state index in [9.17, 15) is 14.4 Å². The van der Waals surface area contributed by atoms with Gasteiger partial charge < -0.3 is 15.0 Å². The van der Waals surface area contributed by atoms with E-state index in [0.717, 1.165) is 10.3 Å². The minimum atomic E-state index is -1.12. The number of aromatic amines is 1. The zero-order chi connectivity index (χ0) is 18.7. The molecule has 134 valence electrons. The van der Waals surface area contributed by atoms with Gasteiger partial charge in [-0.15, -0.1) is 11.3 Å². The van der Waals surface area contributed by atoms with Crippen LogP contribution >= 0.6 is 22.9 Å². The highest BCUT2D eigenvalue weighted by Gasteiger charge is 2.20. The first kappa shape index (κ1) is 18.2. The molecule has 8 heteroatoms. The molecule has 3 aromatic rings. The Hall–Kier alpha value is -2.64. The van der Waals surface area contributed by atoms with Gasteiger partial charge in [-0.05, 0) is 29.7 Å². The zero-order valence-electron chi connectivity index (χ0n) is 13.6. The maximum absolute atomic E-state index is 12.6. The quantitative estimate of drug-likeness (QED) is 0.677. The molecule has 0 fully saturated rings. The maximum atomic E-state index is 12.6. The number of thiophene rings is 1. The minimum absolute atomic E-state index is 0.133. The van der Waals surface area contributed by atoms with E-state index in [1.54, 1.807) is 24.3 Å². The van der Waals surface area contributed by atoms with Crippen LogP contribution in [0.4, 0.5) is 0 Å². The second kappa shape index (κ2) is 7.72. The predicted molar refractivity (Wildman–Crippen MR) is 101 cm³/mol. The number of nitrogens with zero attached hydrogens (tertiary/aromatic N) is 1. The van der Waals surface area contributed by atoms with E-state index < -0.39 is 18.4 Å². The fourth-order valence-corrected chi connectivity index (χ4v) is 3.72. The Kier molecular flexibility index (Phi) is 5.39. The summed E-state index contributed by atoms with van der Waals surface area (Å²) in [5.41, 5.74) is 0.629. The molecule has 6 nitrogen and oxygen atoms in total. The van der Waals surface area contributed by atoms with Crippen molar-refractivity contribution < 1.29 is 14.7 Å². The Labute approximate surface area is 157 Å². The molecule has 0 saturated carbocycles. The first-order valence-corrected chi connectivity index (χ1v) is 8.96. The molecule has 0 bridgehead atoms. The van der Waals surface area contributed by atoms with E-state index in [-0.39, 0.29) is 18.5 Å². The third-order valence-corrected chi connectivity index (χ3v) is 5.04. The molecule has 1 amide bonds. The van der Waals surface area contributed by atoms with Crippen LogP contribution in [0.15, 0.2) is 47.3 Å². The summed E-state index contributed by atoms with van der Waals surface area (Å²) in [6, 6.07) is 12.4. The molecule has 1 aromatic carbocycles. The maximum Gasteiger partial charge on any atom is 0.323 e. The average Bonchev–Trinajstić information content (AvgIpc) is 2.99. The third-order valence-electron chi connectivity index (χ3n) is 3.83. The molecule has 2 aromatic heterocycles. The van der Waals surface area contributed by atoms with Crippen molar-refractivity contribution in [3.05, 3.63) is 67.6 Å². The Bertz CT molecular complexity index is 1030. The van der Waals surface area contributed by atoms with Crippen LogP contribution in [0.5, 0.6) is 0 Å². The molecule has 2 heterocycles. The number of carboxylic acid groups (broad SMARTS) is 1. The number of carbonyl (C=O) groups is 2. The monoisotopic (exact) mass is 390 g/mol. The van der Waals surface area contributed by atoms with E-state index in [1.165, 1.54) is 16.2 Å². The highest BCUT2D eigenvalue weighted by Crippen LogP contribution is 2.23. The number of hydrogen-bond donors (Lipinski definition) is 2. The predicted octanol–water partition coefficient (Wildman–Crippen LogP) is 2.90. The smallest absolute Gasteiger partial charge is 0.323 e. The van der Waals surface area contributed by atoms with Crippen LogP contribution in [0, 0.1) is 0 Å². The van der Waals surface area contributed by atoms with Crippen molar-refractivity contribution in [1.82, 2.24) is 9.88 Å². The van der Waals surface area contributed by atoms with Gasteiger partial charge in [0.2, 0.25) is 5.91 Å². The summed E-state index contributed by atoms with van der Waals surface area (Å²) in [7, 11) is 0. The van der Waals surface area contributed by atoms with Crippen LogP contribution in [-0.4, -0.2) is 33.4 Å². The summed E-state index contributed by atoms with van der Waals surface area (Å²) in [4.78, 5) is 40.7. The molecular formula is C18H15ClN2O4S. The molecular weight excluding hydrogens is 376 g/mol. The summed E-state index contributed by atoms with van der Waals surface area (Å²) in [6.45, 7) is -0.312. The number of hydrogen-bond acceptors (Lipinski definition) is 4. The van der Waals surface area contributed by atoms with Crippen molar-refractivity contribution in [3.63, 3.8) is 0 Å². The van der Waals surface area contributed by atoms with Gasteiger partial charge in [0.25, 0.3) is 5.56 Å². The van der Waals surface area contributed by atoms with Gasteiger partial charge in [0.05, 0.1) is 17.3 Å². The largest absolute Gasteiger partial charge is 0.480 e. The van der Waals surface area contributed by atoms with Crippen molar-refractivity contribution in [2.75, 3.05) is 6.54 Å². The fraction of sp³-hybridized carbons (Fsp3) is 0.167. The van der Waals surface area contributed by atoms with Crippen LogP contribution in [-0.2, 0) is 22.6 Å². The lowest BCUT2D eigenvalue weighted by Crippen LogP contribution is -2.37. The summed E-state index contributed by atoms with van der Waals surface area (Å²) in [5.74, 6) is -1.55. The molecule has 0 aliphatic rings. The Morgan fingerprint density at radius 2 is 1.96 bits per heavy atom. The van der Waals surface area contributed by atoms with E-state index in [4.69, 9.17) is 16.7 Å². The molecule has 0 unspecified atom stereocenters. The van der Waals surface area contributed by atoms with Crippen LogP contribution in [0.1, 0.15) is 10.4 Å². The Morgan fingerprint density at radius 1 is 1.19 bits per heavy atom. The summed E-state index contributed by atoms with van der Waals surface area (Å²) < 4.78 is 0.564. The fourth-order valence-electron chi connectivity index (χ4n) is 2.62. The number of fused-ring (bicyclic) bond motifs is 1. The first-order chi connectivity index (χ1) is 12.4. The molecule has 0 aliphatic carbocycles. The zero-order valence-corrected chi connectivity index (χ0v) is 15.1. The number of benzene rings is 1. The van der Waals surface area contributed by atoms with Gasteiger partial charge in [-0.25, -0.2) is 0 Å². The van der Waals surface area contributed by atoms with Gasteiger partial charge in [0.1, 0.15) is 6.54 Å². The average molecular weight is 391 g/mol. The van der Waals surface area contributed by atoms with Gasteiger partial charge in [-0.3, -0.25) is 14.4 Å². The first-order valence-electron chi connectivity index (χ1n) is 7.77. The van der Waals surface area contributed by atoms with Crippen molar-refractivity contribution in [2.45, 2.75) is 13.0 Å². The number of para-hydroxylation sites is 1. The van der Waals surface area contributed by atoms with Crippen LogP contribution in [0.3, 0.4) is 0 Å². The topological polar surface area (TPSA) is 90.5 Å². The van der Waals surface area contributed by atoms with Gasteiger partial charge in [0.15, 0.2) is 0 Å². The number of pyridine rings is 1. The minimum Gasteiger partial charge on any atom is -0.480 e. The molecule has 0 radical (unpaired) electrons. The lowest BCUT2D eigenvalue weighted by Gasteiger charge is -2.20. The molecule has 2 N–H and O–H groups in total. The number of carbonyl (C=O) groups excluding carboxylic acids is 1. The van der Waals surface area contributed by atoms with Gasteiger partial charge in [-0.2, -0.15) is 0 Å². The second-order valence-electron chi connectivity index (χ2n) is 5.74. The van der Waals surface area contributed by atoms with Gasteiger partial charge in [-0.1, -0.05) is 29.8 Å². The number of aromatic nitrogens is 1. The number of halogens is 1. The Morgan fingerprint density at radius 3 is 2.65 bits per heavy atom. The molecule has 26 heavy (non-hydrogen) atoms. The molecule has 0 spiro atoms. The van der Waals surface area contributed by atoms with Crippen molar-refractivity contribution >= 4 is 45.7 Å². The lowest BCUT2D eigenvalue weighted by molar-refractivity contribution is -0.144. The molecule has 0 saturated heterocycles. The van der Waals surface area contributed by atoms with Gasteiger partial charge >= 0.3 is 5.97 Å². The molecule has 0 aliphatic heterocycles. The lowest BCUT2D eigenvalue weighted by atomic mass is 10.1. The third kappa shape index (κ3) is 4.30. The standard InChI is InChI=1S/C18H15ClN2O4S/c19-15-6-5-13(26-15)9-21(10-17(23)24)16(22)8-12-7-11-3-1-2-4-14(11)20-18(12)25/h1-7H,8-10H2,(H,20,25)(H,23,24). The second-order valence-corrected chi connectivity index (χ2v) is 7.54. The number of nitrogens with one attached hydrogen (secondary N) is 1. The normalized spacial score (nSPS) is 10.8.